The summed E-state index contributed by atoms with van der Waals surface area (Å²) in [5.74, 6) is 0.0466. The summed E-state index contributed by atoms with van der Waals surface area (Å²) in [5, 5.41) is 0. The Hall–Kier alpha value is 0.200. The first kappa shape index (κ1) is 9.74. The Labute approximate surface area is 89.7 Å². The Bertz CT molecular complexity index is 274. The average molecular weight is 295 g/mol. The van der Waals surface area contributed by atoms with Crippen LogP contribution in [0.5, 0.6) is 0 Å². The van der Waals surface area contributed by atoms with E-state index in [0.29, 0.717) is 0 Å². The zero-order valence-corrected chi connectivity index (χ0v) is 10.8. The molecule has 0 spiro atoms. The summed E-state index contributed by atoms with van der Waals surface area (Å²) >= 11 is -0.0336. The van der Waals surface area contributed by atoms with Crippen LogP contribution in [0.2, 0.25) is 0 Å². The van der Waals surface area contributed by atoms with Crippen LogP contribution in [-0.4, -0.2) is 14.5 Å². The number of fused-ring (bicyclic) bond motifs is 2. The van der Waals surface area contributed by atoms with Gasteiger partial charge in [0.25, 0.3) is 0 Å². The van der Waals surface area contributed by atoms with E-state index in [-0.39, 0.29) is 41.6 Å². The van der Waals surface area contributed by atoms with Crippen molar-refractivity contribution >= 4 is 5.97 Å². The SMILES string of the molecule is C[I-]C12CCC(C)(C(=O)O1)C2(C)C. The standard InChI is InChI=1S/C10H16IO2/c1-8(2)9(3)5-6-10(8,11-4)13-7(9)12/h5-6H2,1-4H3/q-1. The van der Waals surface area contributed by atoms with Gasteiger partial charge in [0, 0.05) is 0 Å². The zero-order valence-electron chi connectivity index (χ0n) is 8.61. The molecule has 13 heavy (non-hydrogen) atoms. The van der Waals surface area contributed by atoms with Gasteiger partial charge in [-0.05, 0) is 0 Å². The van der Waals surface area contributed by atoms with Crippen molar-refractivity contribution in [1.82, 2.24) is 0 Å². The number of ether oxygens (including phenoxy) is 1. The molecule has 2 atom stereocenters. The fourth-order valence-electron chi connectivity index (χ4n) is 2.61. The third-order valence-electron chi connectivity index (χ3n) is 4.27. The van der Waals surface area contributed by atoms with E-state index in [1.54, 1.807) is 0 Å². The van der Waals surface area contributed by atoms with E-state index in [2.05, 4.69) is 25.7 Å². The molecule has 0 amide bonds. The molecule has 2 unspecified atom stereocenters. The zero-order chi connectivity index (χ0) is 9.91. The van der Waals surface area contributed by atoms with Gasteiger partial charge in [-0.1, -0.05) is 0 Å². The maximum absolute atomic E-state index is 11.7. The van der Waals surface area contributed by atoms with E-state index in [4.69, 9.17) is 4.74 Å². The number of carbonyl (C=O) groups excluding carboxylic acids is 1. The molecule has 3 heteroatoms. The first-order valence-corrected chi connectivity index (χ1v) is 7.87. The van der Waals surface area contributed by atoms with Crippen molar-refractivity contribution in [2.45, 2.75) is 37.2 Å². The molecule has 0 aromatic carbocycles. The van der Waals surface area contributed by atoms with Crippen LogP contribution in [0.3, 0.4) is 0 Å². The molecule has 2 fully saturated rings. The summed E-state index contributed by atoms with van der Waals surface area (Å²) in [5.41, 5.74) is -0.151. The fraction of sp³-hybridized carbons (Fsp3) is 0.900. The second kappa shape index (κ2) is 2.41. The van der Waals surface area contributed by atoms with E-state index in [1.807, 2.05) is 0 Å². The second-order valence-corrected chi connectivity index (χ2v) is 7.59. The molecular formula is C10H16IO2-. The van der Waals surface area contributed by atoms with Crippen LogP contribution in [0.1, 0.15) is 33.6 Å². The molecule has 1 aliphatic carbocycles. The minimum absolute atomic E-state index is 0.0336. The number of alkyl halides is 2. The first-order valence-electron chi connectivity index (χ1n) is 4.64. The predicted octanol–water partition coefficient (Wildman–Crippen LogP) is -1.22. The van der Waals surface area contributed by atoms with Gasteiger partial charge in [-0.25, -0.2) is 0 Å². The summed E-state index contributed by atoms with van der Waals surface area (Å²) < 4.78 is 5.57. The number of rotatable bonds is 1. The summed E-state index contributed by atoms with van der Waals surface area (Å²) in [6, 6.07) is 0. The Morgan fingerprint density at radius 2 is 1.92 bits per heavy atom. The Balaban J connectivity index is 2.53. The van der Waals surface area contributed by atoms with Crippen LogP contribution < -0.4 is 21.2 Å². The van der Waals surface area contributed by atoms with Crippen molar-refractivity contribution in [1.29, 1.82) is 0 Å². The number of hydrogen-bond acceptors (Lipinski definition) is 2. The van der Waals surface area contributed by atoms with Crippen LogP contribution in [0.25, 0.3) is 0 Å². The molecule has 2 bridgehead atoms. The van der Waals surface area contributed by atoms with Gasteiger partial charge in [0.05, 0.1) is 0 Å². The third-order valence-corrected chi connectivity index (χ3v) is 8.12. The number of halogens is 1. The molecule has 1 saturated heterocycles. The predicted molar refractivity (Wildman–Crippen MR) is 45.9 cm³/mol. The number of esters is 1. The quantitative estimate of drug-likeness (QED) is 0.344. The molecule has 0 radical (unpaired) electrons. The summed E-state index contributed by atoms with van der Waals surface area (Å²) in [4.78, 5) is 14.0. The van der Waals surface area contributed by atoms with Crippen LogP contribution in [0, 0.1) is 10.8 Å². The van der Waals surface area contributed by atoms with Crippen LogP contribution >= 0.6 is 0 Å². The maximum atomic E-state index is 11.7. The molecule has 1 saturated carbocycles. The average Bonchev–Trinajstić information content (AvgIpc) is 2.34. The molecule has 2 rings (SSSR count). The normalized spacial score (nSPS) is 46.9. The van der Waals surface area contributed by atoms with Crippen molar-refractivity contribution in [3.63, 3.8) is 0 Å². The van der Waals surface area contributed by atoms with Crippen molar-refractivity contribution in [3.8, 4) is 0 Å². The second-order valence-electron chi connectivity index (χ2n) is 4.76. The van der Waals surface area contributed by atoms with Crippen molar-refractivity contribution in [2.75, 3.05) is 4.93 Å². The fourth-order valence-corrected chi connectivity index (χ4v) is 5.79. The van der Waals surface area contributed by atoms with Gasteiger partial charge in [-0.15, -0.1) is 0 Å². The van der Waals surface area contributed by atoms with E-state index >= 15 is 0 Å². The summed E-state index contributed by atoms with van der Waals surface area (Å²) in [6.45, 7) is 6.48. The third kappa shape index (κ3) is 0.826. The summed E-state index contributed by atoms with van der Waals surface area (Å²) in [7, 11) is 0. The number of carbonyl (C=O) groups is 1. The molecular weight excluding hydrogens is 279 g/mol. The molecule has 2 aliphatic rings. The van der Waals surface area contributed by atoms with Crippen molar-refractivity contribution < 1.29 is 30.7 Å². The molecule has 0 aromatic rings. The van der Waals surface area contributed by atoms with Gasteiger partial charge in [0.2, 0.25) is 0 Å². The monoisotopic (exact) mass is 295 g/mol. The van der Waals surface area contributed by atoms with E-state index < -0.39 is 0 Å². The van der Waals surface area contributed by atoms with Gasteiger partial charge in [-0.2, -0.15) is 0 Å². The van der Waals surface area contributed by atoms with Gasteiger partial charge < -0.3 is 0 Å². The number of hydrogen-bond donors (Lipinski definition) is 0. The Morgan fingerprint density at radius 1 is 1.31 bits per heavy atom. The molecule has 0 aromatic heterocycles. The summed E-state index contributed by atoms with van der Waals surface area (Å²) in [6.07, 6.45) is 2.11. The molecule has 1 heterocycles. The first-order chi connectivity index (χ1) is 5.90. The molecule has 2 nitrogen and oxygen atoms in total. The molecule has 0 N–H and O–H groups in total. The van der Waals surface area contributed by atoms with Gasteiger partial charge in [0.15, 0.2) is 0 Å². The molecule has 1 aliphatic heterocycles. The topological polar surface area (TPSA) is 26.3 Å². The van der Waals surface area contributed by atoms with Crippen LogP contribution in [0.4, 0.5) is 0 Å². The van der Waals surface area contributed by atoms with E-state index in [9.17, 15) is 4.79 Å². The van der Waals surface area contributed by atoms with Crippen LogP contribution in [0.15, 0.2) is 0 Å². The van der Waals surface area contributed by atoms with Gasteiger partial charge in [-0.3, -0.25) is 0 Å². The minimum atomic E-state index is -0.206. The van der Waals surface area contributed by atoms with E-state index in [1.165, 1.54) is 0 Å². The van der Waals surface area contributed by atoms with Gasteiger partial charge >= 0.3 is 89.7 Å². The van der Waals surface area contributed by atoms with Gasteiger partial charge in [0.1, 0.15) is 0 Å². The van der Waals surface area contributed by atoms with E-state index in [0.717, 1.165) is 12.8 Å². The van der Waals surface area contributed by atoms with Crippen molar-refractivity contribution in [2.24, 2.45) is 10.8 Å². The molecule has 76 valence electrons. The Morgan fingerprint density at radius 3 is 2.15 bits per heavy atom. The van der Waals surface area contributed by atoms with Crippen LogP contribution in [-0.2, 0) is 9.53 Å². The van der Waals surface area contributed by atoms with Crippen molar-refractivity contribution in [3.05, 3.63) is 0 Å². The Kier molecular flexibility index (Phi) is 1.81.